The van der Waals surface area contributed by atoms with Gasteiger partial charge in [-0.3, -0.25) is 10.1 Å². The van der Waals surface area contributed by atoms with Crippen LogP contribution in [0, 0.1) is 0 Å². The Morgan fingerprint density at radius 1 is 1.29 bits per heavy atom. The first-order valence-electron chi connectivity index (χ1n) is 7.62. The predicted molar refractivity (Wildman–Crippen MR) is 93.5 cm³/mol. The minimum atomic E-state index is -0.828. The van der Waals surface area contributed by atoms with Crippen molar-refractivity contribution in [2.24, 2.45) is 0 Å². The molecule has 2 aromatic carbocycles. The molecule has 1 heterocycles. The summed E-state index contributed by atoms with van der Waals surface area (Å²) in [6.07, 6.45) is 0. The van der Waals surface area contributed by atoms with E-state index >= 15 is 0 Å². The summed E-state index contributed by atoms with van der Waals surface area (Å²) in [4.78, 5) is 11.1. The topological polar surface area (TPSA) is 67.8 Å². The van der Waals surface area contributed by atoms with Crippen LogP contribution < -0.4 is 14.8 Å². The molecule has 1 fully saturated rings. The Morgan fingerprint density at radius 2 is 2.08 bits per heavy atom. The average Bonchev–Trinajstić information content (AvgIpc) is 3.11. The summed E-state index contributed by atoms with van der Waals surface area (Å²) in [7, 11) is 1.61. The van der Waals surface area contributed by atoms with E-state index in [1.54, 1.807) is 18.9 Å². The fourth-order valence-corrected chi connectivity index (χ4v) is 3.77. The normalized spacial score (nSPS) is 19.9. The van der Waals surface area contributed by atoms with Crippen molar-refractivity contribution in [1.29, 1.82) is 0 Å². The van der Waals surface area contributed by atoms with E-state index in [2.05, 4.69) is 5.32 Å². The monoisotopic (exact) mass is 345 g/mol. The Balaban J connectivity index is 1.79. The number of hydrogen-bond donors (Lipinski definition) is 2. The third-order valence-corrected chi connectivity index (χ3v) is 5.07. The molecule has 2 unspecified atom stereocenters. The lowest BCUT2D eigenvalue weighted by molar-refractivity contribution is -0.138. The van der Waals surface area contributed by atoms with Gasteiger partial charge in [-0.2, -0.15) is 0 Å². The zero-order valence-corrected chi connectivity index (χ0v) is 14.1. The molecule has 0 saturated carbocycles. The molecule has 1 aliphatic rings. The number of carboxylic acids is 1. The molecule has 5 nitrogen and oxygen atoms in total. The van der Waals surface area contributed by atoms with E-state index in [9.17, 15) is 4.79 Å². The third-order valence-electron chi connectivity index (χ3n) is 3.82. The minimum absolute atomic E-state index is 0.109. The molecule has 6 heteroatoms. The van der Waals surface area contributed by atoms with Gasteiger partial charge in [0.2, 0.25) is 0 Å². The van der Waals surface area contributed by atoms with Crippen molar-refractivity contribution in [3.63, 3.8) is 0 Å². The van der Waals surface area contributed by atoms with Gasteiger partial charge in [-0.05, 0) is 17.7 Å². The lowest BCUT2D eigenvalue weighted by atomic mass is 10.1. The number of rotatable bonds is 6. The van der Waals surface area contributed by atoms with Crippen molar-refractivity contribution in [3.8, 4) is 11.5 Å². The van der Waals surface area contributed by atoms with Crippen LogP contribution in [0.15, 0.2) is 48.5 Å². The SMILES string of the molecule is COc1ccc(C2NC(C(=O)O)CS2)c(OCc2ccccc2)c1. The number of benzene rings is 2. The Morgan fingerprint density at radius 3 is 2.75 bits per heavy atom. The van der Waals surface area contributed by atoms with Crippen molar-refractivity contribution in [2.75, 3.05) is 12.9 Å². The van der Waals surface area contributed by atoms with Crippen molar-refractivity contribution in [3.05, 3.63) is 59.7 Å². The highest BCUT2D eigenvalue weighted by atomic mass is 32.2. The molecule has 0 spiro atoms. The van der Waals surface area contributed by atoms with E-state index < -0.39 is 12.0 Å². The number of methoxy groups -OCH3 is 1. The minimum Gasteiger partial charge on any atom is -0.497 e. The van der Waals surface area contributed by atoms with Crippen LogP contribution in [0.4, 0.5) is 0 Å². The van der Waals surface area contributed by atoms with E-state index in [-0.39, 0.29) is 5.37 Å². The summed E-state index contributed by atoms with van der Waals surface area (Å²) in [6.45, 7) is 0.445. The van der Waals surface area contributed by atoms with Crippen molar-refractivity contribution < 1.29 is 19.4 Å². The second-order valence-electron chi connectivity index (χ2n) is 5.45. The molecule has 0 bridgehead atoms. The molecule has 0 aromatic heterocycles. The van der Waals surface area contributed by atoms with Gasteiger partial charge in [-0.15, -0.1) is 11.8 Å². The number of ether oxygens (including phenoxy) is 2. The molecule has 2 atom stereocenters. The molecular formula is C18H19NO4S. The highest BCUT2D eigenvalue weighted by Gasteiger charge is 2.32. The quantitative estimate of drug-likeness (QED) is 0.839. The van der Waals surface area contributed by atoms with Crippen LogP contribution in [-0.2, 0) is 11.4 Å². The molecule has 0 amide bonds. The summed E-state index contributed by atoms with van der Waals surface area (Å²) < 4.78 is 11.3. The number of aliphatic carboxylic acids is 1. The number of carboxylic acid groups (broad SMARTS) is 1. The Hall–Kier alpha value is -2.18. The molecule has 0 radical (unpaired) electrons. The molecule has 3 rings (SSSR count). The first-order valence-corrected chi connectivity index (χ1v) is 8.67. The maximum Gasteiger partial charge on any atom is 0.321 e. The maximum atomic E-state index is 11.1. The number of carbonyl (C=O) groups is 1. The van der Waals surface area contributed by atoms with Crippen LogP contribution in [0.2, 0.25) is 0 Å². The summed E-state index contributed by atoms with van der Waals surface area (Å²) in [5.41, 5.74) is 2.00. The zero-order chi connectivity index (χ0) is 16.9. The summed E-state index contributed by atoms with van der Waals surface area (Å²) in [6, 6.07) is 15.0. The van der Waals surface area contributed by atoms with Gasteiger partial charge in [0.15, 0.2) is 0 Å². The van der Waals surface area contributed by atoms with Crippen molar-refractivity contribution >= 4 is 17.7 Å². The van der Waals surface area contributed by atoms with E-state index in [0.29, 0.717) is 23.9 Å². The Labute approximate surface area is 145 Å². The van der Waals surface area contributed by atoms with Gasteiger partial charge >= 0.3 is 5.97 Å². The predicted octanol–water partition coefficient (Wildman–Crippen LogP) is 3.06. The van der Waals surface area contributed by atoms with Crippen molar-refractivity contribution in [1.82, 2.24) is 5.32 Å². The van der Waals surface area contributed by atoms with Gasteiger partial charge in [0, 0.05) is 17.4 Å². The lowest BCUT2D eigenvalue weighted by Gasteiger charge is -2.18. The number of hydrogen-bond acceptors (Lipinski definition) is 5. The molecule has 0 aliphatic carbocycles. The molecular weight excluding hydrogens is 326 g/mol. The van der Waals surface area contributed by atoms with Crippen molar-refractivity contribution in [2.45, 2.75) is 18.0 Å². The van der Waals surface area contributed by atoms with Gasteiger partial charge in [-0.1, -0.05) is 30.3 Å². The van der Waals surface area contributed by atoms with E-state index in [1.165, 1.54) is 0 Å². The highest BCUT2D eigenvalue weighted by Crippen LogP contribution is 2.39. The van der Waals surface area contributed by atoms with E-state index in [1.807, 2.05) is 48.5 Å². The van der Waals surface area contributed by atoms with Crippen LogP contribution in [0.5, 0.6) is 11.5 Å². The zero-order valence-electron chi connectivity index (χ0n) is 13.3. The Kier molecular flexibility index (Phi) is 5.27. The smallest absolute Gasteiger partial charge is 0.321 e. The maximum absolute atomic E-state index is 11.1. The first kappa shape index (κ1) is 16.7. The van der Waals surface area contributed by atoms with Crippen LogP contribution in [0.25, 0.3) is 0 Å². The molecule has 1 saturated heterocycles. The molecule has 2 aromatic rings. The van der Waals surface area contributed by atoms with Gasteiger partial charge in [0.05, 0.1) is 12.5 Å². The van der Waals surface area contributed by atoms with Gasteiger partial charge in [0.25, 0.3) is 0 Å². The molecule has 1 aliphatic heterocycles. The van der Waals surface area contributed by atoms with Crippen LogP contribution in [0.1, 0.15) is 16.5 Å². The van der Waals surface area contributed by atoms with Crippen LogP contribution in [-0.4, -0.2) is 30.0 Å². The Bertz CT molecular complexity index is 707. The number of nitrogens with one attached hydrogen (secondary N) is 1. The molecule has 126 valence electrons. The average molecular weight is 345 g/mol. The lowest BCUT2D eigenvalue weighted by Crippen LogP contribution is -2.33. The third kappa shape index (κ3) is 3.83. The van der Waals surface area contributed by atoms with Gasteiger partial charge < -0.3 is 14.6 Å². The van der Waals surface area contributed by atoms with E-state index in [0.717, 1.165) is 11.1 Å². The van der Waals surface area contributed by atoms with Crippen LogP contribution in [0.3, 0.4) is 0 Å². The van der Waals surface area contributed by atoms with Gasteiger partial charge in [0.1, 0.15) is 24.1 Å². The van der Waals surface area contributed by atoms with E-state index in [4.69, 9.17) is 14.6 Å². The highest BCUT2D eigenvalue weighted by molar-refractivity contribution is 7.99. The second-order valence-corrected chi connectivity index (χ2v) is 6.59. The number of thioether (sulfide) groups is 1. The summed E-state index contributed by atoms with van der Waals surface area (Å²) >= 11 is 1.57. The van der Waals surface area contributed by atoms with Gasteiger partial charge in [-0.25, -0.2) is 0 Å². The summed E-state index contributed by atoms with van der Waals surface area (Å²) in [5, 5.41) is 12.2. The standard InChI is InChI=1S/C18H19NO4S/c1-22-13-7-8-14(17-19-15(11-24-17)18(20)21)16(9-13)23-10-12-5-3-2-4-6-12/h2-9,15,17,19H,10-11H2,1H3,(H,20,21). The summed E-state index contributed by atoms with van der Waals surface area (Å²) in [5.74, 6) is 1.11. The molecule has 24 heavy (non-hydrogen) atoms. The fourth-order valence-electron chi connectivity index (χ4n) is 2.51. The van der Waals surface area contributed by atoms with Crippen LogP contribution >= 0.6 is 11.8 Å². The fraction of sp³-hybridized carbons (Fsp3) is 0.278. The second kappa shape index (κ2) is 7.59. The molecule has 2 N–H and O–H groups in total. The largest absolute Gasteiger partial charge is 0.497 e. The first-order chi connectivity index (χ1) is 11.7.